The molecule has 0 N–H and O–H groups in total. The van der Waals surface area contributed by atoms with E-state index in [0.29, 0.717) is 17.2 Å². The maximum atomic E-state index is 11.0. The van der Waals surface area contributed by atoms with E-state index in [1.165, 1.54) is 23.7 Å². The van der Waals surface area contributed by atoms with Crippen LogP contribution < -0.4 is 14.5 Å². The molecule has 2 aliphatic heterocycles. The quantitative estimate of drug-likeness (QED) is 0.482. The minimum absolute atomic E-state index is 0.0331. The van der Waals surface area contributed by atoms with Gasteiger partial charge in [0, 0.05) is 34.8 Å². The van der Waals surface area contributed by atoms with Gasteiger partial charge in [-0.2, -0.15) is 5.10 Å². The van der Waals surface area contributed by atoms with E-state index in [1.54, 1.807) is 18.3 Å². The number of nitro groups is 1. The molecule has 0 aliphatic carbocycles. The van der Waals surface area contributed by atoms with Gasteiger partial charge in [-0.25, -0.2) is 5.01 Å². The third-order valence-electron chi connectivity index (χ3n) is 4.92. The van der Waals surface area contributed by atoms with Crippen molar-refractivity contribution in [2.75, 3.05) is 11.8 Å². The first kappa shape index (κ1) is 17.6. The van der Waals surface area contributed by atoms with E-state index in [4.69, 9.17) is 14.6 Å². The highest BCUT2D eigenvalue weighted by Crippen LogP contribution is 2.38. The van der Waals surface area contributed by atoms with Crippen LogP contribution in [0.2, 0.25) is 0 Å². The van der Waals surface area contributed by atoms with Crippen LogP contribution in [-0.2, 0) is 6.42 Å². The van der Waals surface area contributed by atoms with Gasteiger partial charge in [-0.1, -0.05) is 4.49 Å². The van der Waals surface area contributed by atoms with Crippen LogP contribution >= 0.6 is 11.5 Å². The lowest BCUT2D eigenvalue weighted by Crippen LogP contribution is -2.28. The van der Waals surface area contributed by atoms with E-state index in [0.717, 1.165) is 28.1 Å². The molecule has 0 spiro atoms. The van der Waals surface area contributed by atoms with Crippen LogP contribution in [0.3, 0.4) is 0 Å². The van der Waals surface area contributed by atoms with Crippen molar-refractivity contribution in [2.45, 2.75) is 19.4 Å². The van der Waals surface area contributed by atoms with Crippen molar-refractivity contribution in [3.63, 3.8) is 0 Å². The number of non-ortho nitro benzene ring substituents is 1. The second-order valence-corrected chi connectivity index (χ2v) is 7.53. The molecule has 0 radical (unpaired) electrons. The average molecular weight is 409 g/mol. The Kier molecular flexibility index (Phi) is 4.13. The maximum Gasteiger partial charge on any atom is 0.269 e. The van der Waals surface area contributed by atoms with E-state index >= 15 is 0 Å². The van der Waals surface area contributed by atoms with Crippen LogP contribution in [0, 0.1) is 10.1 Å². The third kappa shape index (κ3) is 3.07. The first-order chi connectivity index (χ1) is 14.1. The van der Waals surface area contributed by atoms with Crippen LogP contribution in [-0.4, -0.2) is 33.1 Å². The predicted octanol–water partition coefficient (Wildman–Crippen LogP) is 3.38. The van der Waals surface area contributed by atoms with Gasteiger partial charge in [-0.05, 0) is 43.2 Å². The van der Waals surface area contributed by atoms with Crippen LogP contribution in [0.4, 0.5) is 10.7 Å². The number of aromatic nitrogens is 2. The topological polar surface area (TPSA) is 103 Å². The summed E-state index contributed by atoms with van der Waals surface area (Å²) in [4.78, 5) is 10.6. The molecule has 2 aliphatic rings. The number of hydrazone groups is 1. The van der Waals surface area contributed by atoms with Gasteiger partial charge in [-0.3, -0.25) is 10.1 Å². The number of hydrogen-bond acceptors (Lipinski definition) is 9. The number of rotatable bonds is 3. The van der Waals surface area contributed by atoms with Crippen molar-refractivity contribution in [1.29, 1.82) is 0 Å². The summed E-state index contributed by atoms with van der Waals surface area (Å²) in [5, 5.41) is 22.6. The molecule has 0 bridgehead atoms. The van der Waals surface area contributed by atoms with Crippen LogP contribution in [0.15, 0.2) is 47.7 Å². The molecule has 0 saturated carbocycles. The van der Waals surface area contributed by atoms with Crippen molar-refractivity contribution in [3.05, 3.63) is 69.4 Å². The van der Waals surface area contributed by atoms with Gasteiger partial charge in [0.05, 0.1) is 22.9 Å². The molecule has 3 aromatic rings. The molecule has 3 heterocycles. The Labute approximate surface area is 169 Å². The zero-order valence-corrected chi connectivity index (χ0v) is 16.1. The summed E-state index contributed by atoms with van der Waals surface area (Å²) in [7, 11) is 0. The Morgan fingerprint density at radius 1 is 1.21 bits per heavy atom. The van der Waals surface area contributed by atoms with Gasteiger partial charge in [0.15, 0.2) is 16.5 Å². The highest BCUT2D eigenvalue weighted by atomic mass is 32.1. The second kappa shape index (κ2) is 6.82. The summed E-state index contributed by atoms with van der Waals surface area (Å²) in [6.45, 7) is 2.27. The van der Waals surface area contributed by atoms with Crippen molar-refractivity contribution in [2.24, 2.45) is 5.10 Å². The van der Waals surface area contributed by atoms with Crippen LogP contribution in [0.25, 0.3) is 0 Å². The summed E-state index contributed by atoms with van der Waals surface area (Å²) in [6, 6.07) is 10.4. The highest BCUT2D eigenvalue weighted by molar-refractivity contribution is 7.09. The largest absolute Gasteiger partial charge is 0.454 e. The molecule has 9 nitrogen and oxygen atoms in total. The molecule has 2 aromatic carbocycles. The summed E-state index contributed by atoms with van der Waals surface area (Å²) in [5.41, 5.74) is 3.48. The zero-order chi connectivity index (χ0) is 20.0. The summed E-state index contributed by atoms with van der Waals surface area (Å²) >= 11 is 1.27. The standard InChI is InChI=1S/C19H15N5O4S/c1-11-6-13-7-16-17(28-10-27-16)8-15(13)19(21-23(11)18-9-20-22-29-18)12-2-4-14(5-3-12)24(25)26/h2-5,7-9,11H,6,10H2,1H3. The highest BCUT2D eigenvalue weighted by Gasteiger charge is 2.28. The Balaban J connectivity index is 1.69. The third-order valence-corrected chi connectivity index (χ3v) is 5.58. The van der Waals surface area contributed by atoms with E-state index in [-0.39, 0.29) is 18.5 Å². The summed E-state index contributed by atoms with van der Waals surface area (Å²) in [6.07, 6.45) is 2.41. The summed E-state index contributed by atoms with van der Waals surface area (Å²) < 4.78 is 15.1. The van der Waals surface area contributed by atoms with Gasteiger partial charge in [0.1, 0.15) is 0 Å². The Morgan fingerprint density at radius 3 is 2.66 bits per heavy atom. The number of benzene rings is 2. The minimum atomic E-state index is -0.415. The molecule has 0 saturated heterocycles. The number of anilines is 1. The molecule has 29 heavy (non-hydrogen) atoms. The van der Waals surface area contributed by atoms with Gasteiger partial charge in [0.2, 0.25) is 6.79 Å². The Hall–Kier alpha value is -3.53. The lowest BCUT2D eigenvalue weighted by atomic mass is 9.94. The summed E-state index contributed by atoms with van der Waals surface area (Å²) in [5.74, 6) is 1.38. The lowest BCUT2D eigenvalue weighted by Gasteiger charge is -2.22. The van der Waals surface area contributed by atoms with E-state index < -0.39 is 4.92 Å². The molecule has 5 rings (SSSR count). The van der Waals surface area contributed by atoms with Crippen LogP contribution in [0.5, 0.6) is 11.5 Å². The molecule has 1 atom stereocenters. The van der Waals surface area contributed by atoms with Crippen molar-refractivity contribution < 1.29 is 14.4 Å². The fraction of sp³-hybridized carbons (Fsp3) is 0.211. The number of nitrogens with zero attached hydrogens (tertiary/aromatic N) is 5. The van der Waals surface area contributed by atoms with Gasteiger partial charge in [-0.15, -0.1) is 5.10 Å². The molecule has 0 fully saturated rings. The van der Waals surface area contributed by atoms with Crippen molar-refractivity contribution >= 4 is 27.9 Å². The molecule has 0 amide bonds. The molecule has 1 unspecified atom stereocenters. The second-order valence-electron chi connectivity index (χ2n) is 6.77. The number of fused-ring (bicyclic) bond motifs is 2. The Morgan fingerprint density at radius 2 is 1.97 bits per heavy atom. The molecular formula is C19H15N5O4S. The molecule has 1 aromatic heterocycles. The zero-order valence-electron chi connectivity index (χ0n) is 15.3. The number of ether oxygens (including phenoxy) is 2. The normalized spacial score (nSPS) is 17.5. The van der Waals surface area contributed by atoms with Crippen molar-refractivity contribution in [3.8, 4) is 11.5 Å². The van der Waals surface area contributed by atoms with E-state index in [2.05, 4.69) is 16.5 Å². The SMILES string of the molecule is CC1Cc2cc3c(cc2C(c2ccc([N+](=O)[O-])cc2)=NN1c1cnns1)OCO3. The monoisotopic (exact) mass is 409 g/mol. The predicted molar refractivity (Wildman–Crippen MR) is 107 cm³/mol. The van der Waals surface area contributed by atoms with Gasteiger partial charge >= 0.3 is 0 Å². The first-order valence-corrected chi connectivity index (χ1v) is 9.70. The molecular weight excluding hydrogens is 394 g/mol. The van der Waals surface area contributed by atoms with Gasteiger partial charge in [0.25, 0.3) is 5.69 Å². The fourth-order valence-corrected chi connectivity index (χ4v) is 4.10. The smallest absolute Gasteiger partial charge is 0.269 e. The molecule has 146 valence electrons. The van der Waals surface area contributed by atoms with Crippen molar-refractivity contribution in [1.82, 2.24) is 9.59 Å². The average Bonchev–Trinajstić information content (AvgIpc) is 3.38. The maximum absolute atomic E-state index is 11.0. The van der Waals surface area contributed by atoms with Crippen LogP contribution in [0.1, 0.15) is 23.6 Å². The lowest BCUT2D eigenvalue weighted by molar-refractivity contribution is -0.384. The fourth-order valence-electron chi connectivity index (χ4n) is 3.52. The first-order valence-electron chi connectivity index (χ1n) is 8.93. The van der Waals surface area contributed by atoms with E-state index in [9.17, 15) is 10.1 Å². The number of nitro benzene ring substituents is 1. The minimum Gasteiger partial charge on any atom is -0.454 e. The van der Waals surface area contributed by atoms with E-state index in [1.807, 2.05) is 17.1 Å². The molecule has 10 heteroatoms. The van der Waals surface area contributed by atoms with Gasteiger partial charge < -0.3 is 9.47 Å². The number of hydrogen-bond donors (Lipinski definition) is 0. The Bertz CT molecular complexity index is 1110.